The summed E-state index contributed by atoms with van der Waals surface area (Å²) in [6.07, 6.45) is 0. The largest absolute Gasteiger partial charge is 0.456 e. The predicted molar refractivity (Wildman–Crippen MR) is 235 cm³/mol. The van der Waals surface area contributed by atoms with Gasteiger partial charge in [0.25, 0.3) is 0 Å². The van der Waals surface area contributed by atoms with Crippen molar-refractivity contribution in [1.82, 2.24) is 0 Å². The highest BCUT2D eigenvalue weighted by molar-refractivity contribution is 6.27. The number of fused-ring (bicyclic) bond motifs is 5. The molecule has 0 fully saturated rings. The quantitative estimate of drug-likeness (QED) is 0.165. The second kappa shape index (κ2) is 10.7. The first-order chi connectivity index (χ1) is 39.4. The number of hydrogen-bond donors (Lipinski definition) is 0. The van der Waals surface area contributed by atoms with Gasteiger partial charge in [-0.15, -0.1) is 0 Å². The smallest absolute Gasteiger partial charge is 0.136 e. The van der Waals surface area contributed by atoms with Crippen LogP contribution >= 0.6 is 0 Å². The lowest BCUT2D eigenvalue weighted by molar-refractivity contribution is 0.669. The highest BCUT2D eigenvalue weighted by Crippen LogP contribution is 2.46. The van der Waals surface area contributed by atoms with Crippen molar-refractivity contribution in [2.75, 3.05) is 0 Å². The van der Waals surface area contributed by atoms with E-state index in [1.807, 2.05) is 0 Å². The average molecular weight is 724 g/mol. The Labute approximate surface area is 356 Å². The van der Waals surface area contributed by atoms with Crippen molar-refractivity contribution in [2.24, 2.45) is 0 Å². The molecule has 55 heavy (non-hydrogen) atoms. The normalized spacial score (nSPS) is 19.7. The predicted octanol–water partition coefficient (Wildman–Crippen LogP) is 15.5. The first-order valence-corrected chi connectivity index (χ1v) is 16.7. The van der Waals surface area contributed by atoms with Crippen LogP contribution in [-0.4, -0.2) is 0 Å². The lowest BCUT2D eigenvalue weighted by atomic mass is 9.84. The Morgan fingerprint density at radius 3 is 1.58 bits per heavy atom. The molecule has 0 spiro atoms. The van der Waals surface area contributed by atoms with E-state index in [0.717, 1.165) is 6.07 Å². The zero-order chi connectivity index (χ0) is 61.0. The van der Waals surface area contributed by atoms with E-state index in [2.05, 4.69) is 0 Å². The zero-order valence-corrected chi connectivity index (χ0v) is 27.5. The Balaban J connectivity index is 1.33. The molecule has 0 aliphatic carbocycles. The van der Waals surface area contributed by atoms with Crippen LogP contribution in [0.1, 0.15) is 39.8 Å². The molecular formula is C54H30O. The molecule has 0 N–H and O–H groups in total. The van der Waals surface area contributed by atoms with Gasteiger partial charge in [-0.05, 0) is 133 Å². The van der Waals surface area contributed by atoms with Gasteiger partial charge in [0.15, 0.2) is 0 Å². The van der Waals surface area contributed by atoms with Crippen LogP contribution in [0.4, 0.5) is 0 Å². The van der Waals surface area contributed by atoms with E-state index >= 15 is 0 Å². The van der Waals surface area contributed by atoms with Crippen LogP contribution in [0.2, 0.25) is 0 Å². The zero-order valence-electron chi connectivity index (χ0n) is 56.5. The van der Waals surface area contributed by atoms with Crippen LogP contribution in [-0.2, 0) is 0 Å². The lowest BCUT2D eigenvalue weighted by Crippen LogP contribution is -1.92. The summed E-state index contributed by atoms with van der Waals surface area (Å²) in [6, 6.07) is -23.5. The standard InChI is InChI=1S/C54H30O/c1-2-10-42-31(5-1)20-28-49-54(42)47-30-39(21-27-48(47)55-49)41-23-19-38(40-22-15-36-13-11-32-6-3-8-34-17-25-44(40)52(36)50(32)34)29-46(41)43-24-16-37-14-12-33-7-4-9-35-18-26-45(43)53(37)51(33)35/h1-30H/i1D,2D,4D,5D,6D,7D,8D,9D,10D,11D,12D,13D,14D,15D,16D,17D,18D,19D,20D,21D,22D,23D,24D,25D,26D,27D,28D,29D,30D. The molecule has 0 unspecified atom stereocenters. The van der Waals surface area contributed by atoms with Crippen molar-refractivity contribution in [1.29, 1.82) is 0 Å². The monoisotopic (exact) mass is 723 g/mol. The summed E-state index contributed by atoms with van der Waals surface area (Å²) in [4.78, 5) is 0. The van der Waals surface area contributed by atoms with Gasteiger partial charge in [0.1, 0.15) is 11.2 Å². The van der Waals surface area contributed by atoms with Gasteiger partial charge in [0.2, 0.25) is 0 Å². The van der Waals surface area contributed by atoms with E-state index in [9.17, 15) is 20.6 Å². The number of furan rings is 1. The molecule has 0 bridgehead atoms. The number of hydrogen-bond acceptors (Lipinski definition) is 1. The van der Waals surface area contributed by atoms with Gasteiger partial charge in [0, 0.05) is 10.8 Å². The summed E-state index contributed by atoms with van der Waals surface area (Å²) >= 11 is 0. The minimum absolute atomic E-state index is 0.235. The minimum atomic E-state index is -1.15. The third-order valence-corrected chi connectivity index (χ3v) is 9.94. The third-order valence-electron chi connectivity index (χ3n) is 9.94. The summed E-state index contributed by atoms with van der Waals surface area (Å²) < 4.78 is 276. The number of rotatable bonds is 3. The van der Waals surface area contributed by atoms with Crippen molar-refractivity contribution in [3.8, 4) is 33.4 Å². The first kappa shape index (κ1) is 13.3. The van der Waals surface area contributed by atoms with Crippen LogP contribution < -0.4 is 0 Å². The van der Waals surface area contributed by atoms with E-state index < -0.39 is 279 Å². The summed E-state index contributed by atoms with van der Waals surface area (Å²) in [6.45, 7) is 0. The van der Waals surface area contributed by atoms with Crippen molar-refractivity contribution in [2.45, 2.75) is 0 Å². The molecule has 252 valence electrons. The fourth-order valence-corrected chi connectivity index (χ4v) is 7.54. The molecule has 12 aromatic carbocycles. The molecule has 1 nitrogen and oxygen atoms in total. The van der Waals surface area contributed by atoms with Gasteiger partial charge in [-0.1, -0.05) is 157 Å². The second-order valence-electron chi connectivity index (χ2n) is 12.8. The van der Waals surface area contributed by atoms with Crippen LogP contribution in [0, 0.1) is 0 Å². The van der Waals surface area contributed by atoms with E-state index in [0.29, 0.717) is 0 Å². The van der Waals surface area contributed by atoms with Crippen molar-refractivity contribution in [3.63, 3.8) is 0 Å². The molecule has 0 atom stereocenters. The Hall–Kier alpha value is -7.22. The Morgan fingerprint density at radius 2 is 0.818 bits per heavy atom. The summed E-state index contributed by atoms with van der Waals surface area (Å²) in [7, 11) is 0. The molecular weight excluding hydrogens is 665 g/mol. The molecule has 13 aromatic rings. The molecule has 0 aliphatic rings. The Morgan fingerprint density at radius 1 is 0.291 bits per heavy atom. The van der Waals surface area contributed by atoms with Crippen LogP contribution in [0.3, 0.4) is 0 Å². The molecule has 0 radical (unpaired) electrons. The van der Waals surface area contributed by atoms with E-state index in [1.54, 1.807) is 0 Å². The lowest BCUT2D eigenvalue weighted by Gasteiger charge is -2.19. The maximum atomic E-state index is 10.5. The second-order valence-corrected chi connectivity index (χ2v) is 12.8. The molecule has 1 aromatic heterocycles. The first-order valence-electron chi connectivity index (χ1n) is 31.2. The van der Waals surface area contributed by atoms with E-state index in [4.69, 9.17) is 23.6 Å². The van der Waals surface area contributed by atoms with Gasteiger partial charge in [-0.2, -0.15) is 0 Å². The van der Waals surface area contributed by atoms with Gasteiger partial charge in [0.05, 0.1) is 39.8 Å². The van der Waals surface area contributed by atoms with Crippen molar-refractivity contribution in [3.05, 3.63) is 181 Å². The molecule has 0 saturated carbocycles. The maximum absolute atomic E-state index is 10.5. The average Bonchev–Trinajstić information content (AvgIpc) is 0.805. The highest BCUT2D eigenvalue weighted by atomic mass is 16.3. The van der Waals surface area contributed by atoms with Crippen molar-refractivity contribution < 1.29 is 44.2 Å². The number of benzene rings is 12. The van der Waals surface area contributed by atoms with Gasteiger partial charge in [-0.25, -0.2) is 0 Å². The third kappa shape index (κ3) is 4.02. The van der Waals surface area contributed by atoms with Gasteiger partial charge in [-0.3, -0.25) is 0 Å². The molecule has 1 heteroatoms. The SMILES string of the molecule is [2H]c1c([2H])c(-c2c([2H])c([2H])c3oc4c([2H])c([2H])c5c([2H])c([2H])c([2H])c([2H])c5c4c3c2[2H])c(-c2c([2H])c([2H])c3c([2H])c([2H])c4c([2H])c([2H])c([2H])c5c([2H])c([2H])c2c3c45)c([2H])c1-c1c([2H])c([2H])c2c([2H])c([2H])c3c([2H])cc([2H])c4c([2H])c([2H])c1c2c34. The van der Waals surface area contributed by atoms with Crippen LogP contribution in [0.15, 0.2) is 186 Å². The molecule has 0 aliphatic heterocycles. The molecule has 0 amide bonds. The van der Waals surface area contributed by atoms with Crippen molar-refractivity contribution >= 4 is 97.3 Å². The minimum Gasteiger partial charge on any atom is -0.456 e. The van der Waals surface area contributed by atoms with E-state index in [1.165, 1.54) is 0 Å². The topological polar surface area (TPSA) is 13.1 Å². The van der Waals surface area contributed by atoms with Gasteiger partial charge < -0.3 is 4.42 Å². The Kier molecular flexibility index (Phi) is 2.58. The van der Waals surface area contributed by atoms with Crippen LogP contribution in [0.5, 0.6) is 0 Å². The summed E-state index contributed by atoms with van der Waals surface area (Å²) in [5.74, 6) is 0. The fraction of sp³-hybridized carbons (Fsp3) is 0. The summed E-state index contributed by atoms with van der Waals surface area (Å²) in [5.41, 5.74) is -6.38. The Bertz CT molecular complexity index is 5370. The van der Waals surface area contributed by atoms with E-state index in [-0.39, 0.29) is 26.9 Å². The highest BCUT2D eigenvalue weighted by Gasteiger charge is 2.19. The maximum Gasteiger partial charge on any atom is 0.136 e. The fourth-order valence-electron chi connectivity index (χ4n) is 7.54. The molecule has 0 saturated heterocycles. The van der Waals surface area contributed by atoms with Crippen LogP contribution in [0.25, 0.3) is 131 Å². The molecule has 13 rings (SSSR count). The molecule has 1 heterocycles. The van der Waals surface area contributed by atoms with Gasteiger partial charge >= 0.3 is 0 Å². The summed E-state index contributed by atoms with van der Waals surface area (Å²) in [5, 5.41) is -7.16.